The third kappa shape index (κ3) is 2.75. The van der Waals surface area contributed by atoms with E-state index in [1.165, 1.54) is 28.1 Å². The zero-order chi connectivity index (χ0) is 15.4. The third-order valence-corrected chi connectivity index (χ3v) is 3.13. The highest BCUT2D eigenvalue weighted by Gasteiger charge is 2.32. The molecule has 1 aromatic rings. The van der Waals surface area contributed by atoms with Crippen LogP contribution in [0.25, 0.3) is 0 Å². The highest BCUT2D eigenvalue weighted by molar-refractivity contribution is 5.64. The average molecular weight is 284 g/mol. The van der Waals surface area contributed by atoms with E-state index in [1.54, 1.807) is 0 Å². The number of nitrogens with zero attached hydrogens (tertiary/aromatic N) is 2. The summed E-state index contributed by atoms with van der Waals surface area (Å²) in [7, 11) is 2.76. The number of nitro groups is 2. The molecule has 0 spiro atoms. The van der Waals surface area contributed by atoms with E-state index in [4.69, 9.17) is 9.47 Å². The molecule has 0 atom stereocenters. The van der Waals surface area contributed by atoms with Crippen molar-refractivity contribution in [1.82, 2.24) is 0 Å². The highest BCUT2D eigenvalue weighted by Crippen LogP contribution is 2.38. The number of hydrogen-bond donors (Lipinski definition) is 0. The fourth-order valence-electron chi connectivity index (χ4n) is 2.24. The molecular formula is C12H16N2O6. The van der Waals surface area contributed by atoms with E-state index in [0.717, 1.165) is 0 Å². The minimum atomic E-state index is -0.549. The van der Waals surface area contributed by atoms with Crippen molar-refractivity contribution in [2.45, 2.75) is 27.1 Å². The number of benzene rings is 1. The van der Waals surface area contributed by atoms with Crippen LogP contribution in [0.2, 0.25) is 0 Å². The monoisotopic (exact) mass is 284 g/mol. The van der Waals surface area contributed by atoms with Gasteiger partial charge in [-0.05, 0) is 13.8 Å². The van der Waals surface area contributed by atoms with E-state index in [-0.39, 0.29) is 46.8 Å². The van der Waals surface area contributed by atoms with Crippen LogP contribution in [0, 0.1) is 34.1 Å². The summed E-state index contributed by atoms with van der Waals surface area (Å²) in [5.74, 6) is 0. The van der Waals surface area contributed by atoms with Crippen LogP contribution in [0.15, 0.2) is 0 Å². The summed E-state index contributed by atoms with van der Waals surface area (Å²) < 4.78 is 9.88. The number of nitro benzene ring substituents is 2. The summed E-state index contributed by atoms with van der Waals surface area (Å²) in [4.78, 5) is 21.4. The molecule has 0 aliphatic carbocycles. The maximum atomic E-state index is 11.3. The largest absolute Gasteiger partial charge is 0.380 e. The van der Waals surface area contributed by atoms with Crippen molar-refractivity contribution >= 4 is 11.4 Å². The Hall–Kier alpha value is -2.06. The molecule has 0 saturated heterocycles. The number of methoxy groups -OCH3 is 2. The van der Waals surface area contributed by atoms with Crippen LogP contribution in [0.4, 0.5) is 11.4 Å². The summed E-state index contributed by atoms with van der Waals surface area (Å²) >= 11 is 0. The third-order valence-electron chi connectivity index (χ3n) is 3.13. The first-order valence-electron chi connectivity index (χ1n) is 5.78. The van der Waals surface area contributed by atoms with Gasteiger partial charge >= 0.3 is 0 Å². The van der Waals surface area contributed by atoms with Gasteiger partial charge in [0.2, 0.25) is 0 Å². The molecule has 110 valence electrons. The second kappa shape index (κ2) is 6.40. The summed E-state index contributed by atoms with van der Waals surface area (Å²) in [6.07, 6.45) is 0. The van der Waals surface area contributed by atoms with Gasteiger partial charge < -0.3 is 9.47 Å². The minimum absolute atomic E-state index is 0.0695. The number of hydrogen-bond acceptors (Lipinski definition) is 6. The smallest absolute Gasteiger partial charge is 0.281 e. The van der Waals surface area contributed by atoms with Crippen molar-refractivity contribution in [2.24, 2.45) is 0 Å². The van der Waals surface area contributed by atoms with Gasteiger partial charge in [-0.15, -0.1) is 0 Å². The van der Waals surface area contributed by atoms with Gasteiger partial charge in [0.05, 0.1) is 34.2 Å². The Bertz CT molecular complexity index is 522. The van der Waals surface area contributed by atoms with Crippen molar-refractivity contribution in [3.8, 4) is 0 Å². The van der Waals surface area contributed by atoms with Crippen LogP contribution in [0.3, 0.4) is 0 Å². The highest BCUT2D eigenvalue weighted by atomic mass is 16.6. The molecule has 0 N–H and O–H groups in total. The topological polar surface area (TPSA) is 105 Å². The quantitative estimate of drug-likeness (QED) is 0.586. The molecule has 0 fully saturated rings. The molecule has 1 aromatic carbocycles. The second-order valence-corrected chi connectivity index (χ2v) is 4.28. The molecule has 0 aromatic heterocycles. The lowest BCUT2D eigenvalue weighted by Gasteiger charge is -2.14. The zero-order valence-electron chi connectivity index (χ0n) is 11.8. The second-order valence-electron chi connectivity index (χ2n) is 4.28. The lowest BCUT2D eigenvalue weighted by atomic mass is 9.95. The fraction of sp³-hybridized carbons (Fsp3) is 0.500. The van der Waals surface area contributed by atoms with Crippen LogP contribution in [-0.2, 0) is 22.7 Å². The molecule has 8 nitrogen and oxygen atoms in total. The van der Waals surface area contributed by atoms with E-state index in [1.807, 2.05) is 0 Å². The van der Waals surface area contributed by atoms with Gasteiger partial charge in [0.1, 0.15) is 0 Å². The Balaban J connectivity index is 3.79. The number of rotatable bonds is 6. The van der Waals surface area contributed by atoms with Crippen LogP contribution < -0.4 is 0 Å². The van der Waals surface area contributed by atoms with E-state index < -0.39 is 9.85 Å². The van der Waals surface area contributed by atoms with Crippen LogP contribution in [-0.4, -0.2) is 24.1 Å². The minimum Gasteiger partial charge on any atom is -0.380 e. The van der Waals surface area contributed by atoms with Crippen molar-refractivity contribution < 1.29 is 19.3 Å². The standard InChI is InChI=1S/C12H16N2O6/c1-7-9(5-19-3)12(14(17)18)10(6-20-4)8(2)11(7)13(15)16/h5-6H2,1-4H3. The first kappa shape index (κ1) is 16.0. The SMILES string of the molecule is COCc1c(C)c([N+](=O)[O-])c(C)c(COC)c1[N+](=O)[O-]. The maximum absolute atomic E-state index is 11.3. The van der Waals surface area contributed by atoms with E-state index >= 15 is 0 Å². The molecular weight excluding hydrogens is 268 g/mol. The Labute approximate surface area is 115 Å². The van der Waals surface area contributed by atoms with Gasteiger partial charge in [0.25, 0.3) is 11.4 Å². The predicted molar refractivity (Wildman–Crippen MR) is 70.7 cm³/mol. The van der Waals surface area contributed by atoms with Crippen molar-refractivity contribution in [3.05, 3.63) is 42.5 Å². The summed E-state index contributed by atoms with van der Waals surface area (Å²) in [6.45, 7) is 2.84. The molecule has 0 radical (unpaired) electrons. The molecule has 0 unspecified atom stereocenters. The first-order chi connectivity index (χ1) is 9.36. The molecule has 0 aliphatic heterocycles. The van der Waals surface area contributed by atoms with Gasteiger partial charge in [-0.2, -0.15) is 0 Å². The Kier molecular flexibility index (Phi) is 5.12. The van der Waals surface area contributed by atoms with Gasteiger partial charge in [-0.3, -0.25) is 20.2 Å². The van der Waals surface area contributed by atoms with Crippen molar-refractivity contribution in [3.63, 3.8) is 0 Å². The van der Waals surface area contributed by atoms with Crippen LogP contribution >= 0.6 is 0 Å². The molecule has 20 heavy (non-hydrogen) atoms. The van der Waals surface area contributed by atoms with Gasteiger partial charge in [0, 0.05) is 25.3 Å². The molecule has 0 amide bonds. The van der Waals surface area contributed by atoms with Crippen LogP contribution in [0.1, 0.15) is 22.3 Å². The normalized spacial score (nSPS) is 10.6. The molecule has 0 saturated carbocycles. The lowest BCUT2D eigenvalue weighted by Crippen LogP contribution is -2.10. The van der Waals surface area contributed by atoms with Gasteiger partial charge in [0.15, 0.2) is 0 Å². The van der Waals surface area contributed by atoms with E-state index in [0.29, 0.717) is 0 Å². The van der Waals surface area contributed by atoms with Crippen molar-refractivity contribution in [1.29, 1.82) is 0 Å². The molecule has 8 heteroatoms. The van der Waals surface area contributed by atoms with E-state index in [9.17, 15) is 20.2 Å². The Morgan fingerprint density at radius 1 is 0.850 bits per heavy atom. The maximum Gasteiger partial charge on any atom is 0.281 e. The van der Waals surface area contributed by atoms with Crippen LogP contribution in [0.5, 0.6) is 0 Å². The predicted octanol–water partition coefficient (Wildman–Crippen LogP) is 2.41. The molecule has 1 rings (SSSR count). The van der Waals surface area contributed by atoms with E-state index in [2.05, 4.69) is 0 Å². The fourth-order valence-corrected chi connectivity index (χ4v) is 2.24. The Morgan fingerprint density at radius 2 is 1.20 bits per heavy atom. The zero-order valence-corrected chi connectivity index (χ0v) is 11.8. The molecule has 0 aliphatic rings. The molecule has 0 heterocycles. The Morgan fingerprint density at radius 3 is 1.45 bits per heavy atom. The van der Waals surface area contributed by atoms with Gasteiger partial charge in [-0.1, -0.05) is 0 Å². The lowest BCUT2D eigenvalue weighted by molar-refractivity contribution is -0.391. The van der Waals surface area contributed by atoms with Gasteiger partial charge in [-0.25, -0.2) is 0 Å². The first-order valence-corrected chi connectivity index (χ1v) is 5.78. The summed E-state index contributed by atoms with van der Waals surface area (Å²) in [5.41, 5.74) is 0.620. The number of ether oxygens (including phenoxy) is 2. The van der Waals surface area contributed by atoms with Crippen molar-refractivity contribution in [2.75, 3.05) is 14.2 Å². The summed E-state index contributed by atoms with van der Waals surface area (Å²) in [6, 6.07) is 0. The average Bonchev–Trinajstić information content (AvgIpc) is 2.34. The summed E-state index contributed by atoms with van der Waals surface area (Å²) in [5, 5.41) is 22.5. The molecule has 0 bridgehead atoms.